The van der Waals surface area contributed by atoms with Gasteiger partial charge in [-0.1, -0.05) is 58.3 Å². The number of sulfonamides is 1. The Morgan fingerprint density at radius 2 is 1.60 bits per heavy atom. The van der Waals surface area contributed by atoms with E-state index in [1.807, 2.05) is 0 Å². The second-order valence-corrected chi connectivity index (χ2v) is 8.06. The average Bonchev–Trinajstić information content (AvgIpc) is 3.24. The van der Waals surface area contributed by atoms with Crippen molar-refractivity contribution in [1.29, 1.82) is 0 Å². The maximum atomic E-state index is 11.6. The summed E-state index contributed by atoms with van der Waals surface area (Å²) in [5, 5.41) is 9.56. The molecule has 4 nitrogen and oxygen atoms in total. The highest BCUT2D eigenvalue weighted by molar-refractivity contribution is 7.90. The minimum absolute atomic E-state index is 0.176. The van der Waals surface area contributed by atoms with Crippen LogP contribution in [0.25, 0.3) is 0 Å². The smallest absolute Gasteiger partial charge is 0.214 e. The number of aliphatic hydroxyl groups excluding tert-OH is 1. The van der Waals surface area contributed by atoms with Crippen LogP contribution in [0.4, 0.5) is 0 Å². The van der Waals surface area contributed by atoms with Gasteiger partial charge in [0.25, 0.3) is 0 Å². The summed E-state index contributed by atoms with van der Waals surface area (Å²) in [5.74, 6) is 0. The standard InChI is InChI=1S/C15H31NO3S/c1-2-3-4-5-6-7-8-9-10-14(17)13-16-20(18,19)15-11-12-15/h14-17H,2-13H2,1H3. The van der Waals surface area contributed by atoms with Crippen molar-refractivity contribution in [2.24, 2.45) is 0 Å². The van der Waals surface area contributed by atoms with Gasteiger partial charge >= 0.3 is 0 Å². The van der Waals surface area contributed by atoms with Gasteiger partial charge in [0.2, 0.25) is 10.0 Å². The highest BCUT2D eigenvalue weighted by Crippen LogP contribution is 2.27. The number of unbranched alkanes of at least 4 members (excludes halogenated alkanes) is 7. The van der Waals surface area contributed by atoms with Crippen molar-refractivity contribution in [3.63, 3.8) is 0 Å². The van der Waals surface area contributed by atoms with E-state index in [2.05, 4.69) is 11.6 Å². The van der Waals surface area contributed by atoms with E-state index in [9.17, 15) is 13.5 Å². The topological polar surface area (TPSA) is 66.4 Å². The SMILES string of the molecule is CCCCCCCCCCC(O)CNS(=O)(=O)C1CC1. The van der Waals surface area contributed by atoms with E-state index in [4.69, 9.17) is 0 Å². The average molecular weight is 305 g/mol. The van der Waals surface area contributed by atoms with Gasteiger partial charge in [-0.25, -0.2) is 13.1 Å². The van der Waals surface area contributed by atoms with E-state index in [-0.39, 0.29) is 11.8 Å². The molecule has 5 heteroatoms. The Balaban J connectivity index is 1.91. The van der Waals surface area contributed by atoms with Gasteiger partial charge in [-0.15, -0.1) is 0 Å². The molecule has 20 heavy (non-hydrogen) atoms. The van der Waals surface area contributed by atoms with E-state index in [1.165, 1.54) is 38.5 Å². The quantitative estimate of drug-likeness (QED) is 0.514. The molecule has 0 aromatic heterocycles. The second kappa shape index (κ2) is 9.74. The van der Waals surface area contributed by atoms with Gasteiger partial charge in [0, 0.05) is 6.54 Å². The predicted octanol–water partition coefficient (Wildman–Crippen LogP) is 2.96. The third kappa shape index (κ3) is 8.22. The van der Waals surface area contributed by atoms with E-state index >= 15 is 0 Å². The van der Waals surface area contributed by atoms with Crippen LogP contribution in [0.15, 0.2) is 0 Å². The lowest BCUT2D eigenvalue weighted by Gasteiger charge is -2.11. The lowest BCUT2D eigenvalue weighted by atomic mass is 10.1. The zero-order chi connectivity index (χ0) is 14.8. The van der Waals surface area contributed by atoms with Crippen LogP contribution in [0.2, 0.25) is 0 Å². The molecule has 0 saturated heterocycles. The minimum Gasteiger partial charge on any atom is -0.392 e. The Morgan fingerprint density at radius 3 is 2.15 bits per heavy atom. The minimum atomic E-state index is -3.14. The monoisotopic (exact) mass is 305 g/mol. The molecule has 0 amide bonds. The molecule has 2 N–H and O–H groups in total. The first-order valence-electron chi connectivity index (χ1n) is 8.23. The zero-order valence-corrected chi connectivity index (χ0v) is 13.6. The number of hydrogen-bond acceptors (Lipinski definition) is 3. The summed E-state index contributed by atoms with van der Waals surface area (Å²) in [7, 11) is -3.14. The van der Waals surface area contributed by atoms with Crippen molar-refractivity contribution in [3.8, 4) is 0 Å². The fourth-order valence-electron chi connectivity index (χ4n) is 2.32. The molecule has 1 atom stereocenters. The third-order valence-corrected chi connectivity index (χ3v) is 5.79. The summed E-state index contributed by atoms with van der Waals surface area (Å²) in [5.41, 5.74) is 0. The Morgan fingerprint density at radius 1 is 1.05 bits per heavy atom. The Hall–Kier alpha value is -0.130. The molecule has 0 aromatic rings. The molecule has 1 rings (SSSR count). The third-order valence-electron chi connectivity index (χ3n) is 3.87. The Kier molecular flexibility index (Phi) is 8.73. The summed E-state index contributed by atoms with van der Waals surface area (Å²) in [4.78, 5) is 0. The molecule has 0 spiro atoms. The number of aliphatic hydroxyl groups is 1. The molecule has 1 fully saturated rings. The largest absolute Gasteiger partial charge is 0.392 e. The second-order valence-electron chi connectivity index (χ2n) is 6.01. The van der Waals surface area contributed by atoms with Crippen LogP contribution in [0.3, 0.4) is 0 Å². The van der Waals surface area contributed by atoms with Crippen LogP contribution in [0.5, 0.6) is 0 Å². The van der Waals surface area contributed by atoms with Crippen molar-refractivity contribution in [2.75, 3.05) is 6.54 Å². The fourth-order valence-corrected chi connectivity index (χ4v) is 3.74. The van der Waals surface area contributed by atoms with Crippen molar-refractivity contribution in [1.82, 2.24) is 4.72 Å². The van der Waals surface area contributed by atoms with Crippen LogP contribution >= 0.6 is 0 Å². The molecule has 0 aliphatic heterocycles. The maximum Gasteiger partial charge on any atom is 0.214 e. The number of hydrogen-bond donors (Lipinski definition) is 2. The van der Waals surface area contributed by atoms with Crippen molar-refractivity contribution >= 4 is 10.0 Å². The molecule has 0 heterocycles. The molecule has 1 saturated carbocycles. The first-order valence-corrected chi connectivity index (χ1v) is 9.77. The Labute approximate surface area is 124 Å². The maximum absolute atomic E-state index is 11.6. The van der Waals surface area contributed by atoms with Crippen LogP contribution in [0, 0.1) is 0 Å². The summed E-state index contributed by atoms with van der Waals surface area (Å²) >= 11 is 0. The van der Waals surface area contributed by atoms with Crippen LogP contribution < -0.4 is 4.72 Å². The van der Waals surface area contributed by atoms with Gasteiger partial charge in [-0.05, 0) is 19.3 Å². The van der Waals surface area contributed by atoms with Crippen molar-refractivity contribution < 1.29 is 13.5 Å². The summed E-state index contributed by atoms with van der Waals surface area (Å²) in [6, 6.07) is 0. The van der Waals surface area contributed by atoms with Gasteiger partial charge in [0.1, 0.15) is 0 Å². The van der Waals surface area contributed by atoms with Crippen LogP contribution in [-0.2, 0) is 10.0 Å². The molecule has 1 aliphatic rings. The van der Waals surface area contributed by atoms with Gasteiger partial charge in [0.05, 0.1) is 11.4 Å². The van der Waals surface area contributed by atoms with E-state index in [0.29, 0.717) is 6.42 Å². The lowest BCUT2D eigenvalue weighted by Crippen LogP contribution is -2.34. The lowest BCUT2D eigenvalue weighted by molar-refractivity contribution is 0.164. The van der Waals surface area contributed by atoms with Crippen LogP contribution in [-0.4, -0.2) is 31.4 Å². The highest BCUT2D eigenvalue weighted by atomic mass is 32.2. The first kappa shape index (κ1) is 17.9. The number of rotatable bonds is 13. The summed E-state index contributed by atoms with van der Waals surface area (Å²) in [6.45, 7) is 2.40. The van der Waals surface area contributed by atoms with Gasteiger partial charge in [-0.3, -0.25) is 0 Å². The molecule has 120 valence electrons. The molecule has 0 radical (unpaired) electrons. The van der Waals surface area contributed by atoms with E-state index in [1.54, 1.807) is 0 Å². The normalized spacial score (nSPS) is 17.3. The molecule has 1 aliphatic carbocycles. The molecular weight excluding hydrogens is 274 g/mol. The summed E-state index contributed by atoms with van der Waals surface area (Å²) in [6.07, 6.45) is 11.6. The molecule has 0 bridgehead atoms. The van der Waals surface area contributed by atoms with Crippen molar-refractivity contribution in [2.45, 2.75) is 88.9 Å². The van der Waals surface area contributed by atoms with Gasteiger partial charge < -0.3 is 5.11 Å². The number of nitrogens with one attached hydrogen (secondary N) is 1. The molecule has 1 unspecified atom stereocenters. The zero-order valence-electron chi connectivity index (χ0n) is 12.8. The van der Waals surface area contributed by atoms with E-state index < -0.39 is 16.1 Å². The van der Waals surface area contributed by atoms with Gasteiger partial charge in [0.15, 0.2) is 0 Å². The van der Waals surface area contributed by atoms with Crippen molar-refractivity contribution in [3.05, 3.63) is 0 Å². The fraction of sp³-hybridized carbons (Fsp3) is 1.00. The highest BCUT2D eigenvalue weighted by Gasteiger charge is 2.35. The Bertz CT molecular complexity index is 339. The molecule has 0 aromatic carbocycles. The first-order chi connectivity index (χ1) is 9.56. The van der Waals surface area contributed by atoms with Gasteiger partial charge in [-0.2, -0.15) is 0 Å². The predicted molar refractivity (Wildman–Crippen MR) is 83.2 cm³/mol. The summed E-state index contributed by atoms with van der Waals surface area (Å²) < 4.78 is 25.7. The van der Waals surface area contributed by atoms with E-state index in [0.717, 1.165) is 25.7 Å². The van der Waals surface area contributed by atoms with Crippen LogP contribution in [0.1, 0.15) is 77.6 Å². The molecular formula is C15H31NO3S.